The van der Waals surface area contributed by atoms with Gasteiger partial charge in [0.05, 0.1) is 18.6 Å². The predicted molar refractivity (Wildman–Crippen MR) is 96.7 cm³/mol. The molecule has 0 fully saturated rings. The molecule has 1 rings (SSSR count). The van der Waals surface area contributed by atoms with Crippen LogP contribution in [0.1, 0.15) is 71.6 Å². The second-order valence-corrected chi connectivity index (χ2v) is 6.63. The Morgan fingerprint density at radius 2 is 1.92 bits per heavy atom. The van der Waals surface area contributed by atoms with Gasteiger partial charge in [-0.15, -0.1) is 0 Å². The summed E-state index contributed by atoms with van der Waals surface area (Å²) in [6, 6.07) is 0. The van der Waals surface area contributed by atoms with Crippen molar-refractivity contribution in [3.63, 3.8) is 0 Å². The fourth-order valence-electron chi connectivity index (χ4n) is 3.05. The van der Waals surface area contributed by atoms with Crippen LogP contribution in [0.25, 0.3) is 0 Å². The van der Waals surface area contributed by atoms with E-state index in [-0.39, 0.29) is 17.2 Å². The SMILES string of the molecule is CCCCCCCCC/C=C/CC1=NC=C[N+]1(CC(=O)[O-])C(C)N. The molecule has 1 aliphatic heterocycles. The van der Waals surface area contributed by atoms with E-state index in [0.29, 0.717) is 6.42 Å². The molecule has 1 aliphatic rings. The van der Waals surface area contributed by atoms with Crippen LogP contribution in [0.15, 0.2) is 29.5 Å². The van der Waals surface area contributed by atoms with Crippen molar-refractivity contribution < 1.29 is 14.4 Å². The first kappa shape index (κ1) is 20.6. The zero-order valence-corrected chi connectivity index (χ0v) is 15.2. The van der Waals surface area contributed by atoms with Crippen molar-refractivity contribution in [1.29, 1.82) is 0 Å². The number of carbonyl (C=O) groups is 1. The lowest BCUT2D eigenvalue weighted by atomic mass is 10.1. The van der Waals surface area contributed by atoms with Crippen LogP contribution in [0.4, 0.5) is 0 Å². The third-order valence-corrected chi connectivity index (χ3v) is 4.60. The molecule has 5 heteroatoms. The number of hydrogen-bond acceptors (Lipinski definition) is 4. The number of allylic oxidation sites excluding steroid dienone is 1. The highest BCUT2D eigenvalue weighted by Crippen LogP contribution is 2.21. The minimum atomic E-state index is -1.11. The van der Waals surface area contributed by atoms with E-state index in [1.165, 1.54) is 44.9 Å². The summed E-state index contributed by atoms with van der Waals surface area (Å²) >= 11 is 0. The Morgan fingerprint density at radius 3 is 2.54 bits per heavy atom. The molecule has 0 aromatic heterocycles. The zero-order valence-electron chi connectivity index (χ0n) is 15.2. The first-order valence-corrected chi connectivity index (χ1v) is 9.25. The lowest BCUT2D eigenvalue weighted by Gasteiger charge is -2.35. The molecule has 0 aliphatic carbocycles. The average molecular weight is 335 g/mol. The highest BCUT2D eigenvalue weighted by molar-refractivity contribution is 5.82. The highest BCUT2D eigenvalue weighted by atomic mass is 16.4. The summed E-state index contributed by atoms with van der Waals surface area (Å²) in [5.41, 5.74) is 6.02. The van der Waals surface area contributed by atoms with Crippen LogP contribution < -0.4 is 10.8 Å². The molecule has 0 saturated carbocycles. The van der Waals surface area contributed by atoms with Gasteiger partial charge >= 0.3 is 0 Å². The van der Waals surface area contributed by atoms with Gasteiger partial charge in [-0.3, -0.25) is 5.73 Å². The Labute approximate surface area is 146 Å². The van der Waals surface area contributed by atoms with Crippen molar-refractivity contribution in [2.24, 2.45) is 10.7 Å². The maximum atomic E-state index is 11.1. The second-order valence-electron chi connectivity index (χ2n) is 6.63. The number of carboxylic acids is 1. The molecule has 1 heterocycles. The molecule has 136 valence electrons. The number of rotatable bonds is 13. The van der Waals surface area contributed by atoms with Crippen LogP contribution in [0.5, 0.6) is 0 Å². The molecule has 2 unspecified atom stereocenters. The van der Waals surface area contributed by atoms with Crippen LogP contribution in [-0.2, 0) is 4.79 Å². The first-order chi connectivity index (χ1) is 11.5. The topological polar surface area (TPSA) is 78.5 Å². The van der Waals surface area contributed by atoms with Gasteiger partial charge in [-0.05, 0) is 12.8 Å². The number of aliphatic imine (C=N–C) groups is 1. The highest BCUT2D eigenvalue weighted by Gasteiger charge is 2.38. The number of nitrogens with zero attached hydrogens (tertiary/aromatic N) is 2. The van der Waals surface area contributed by atoms with Crippen LogP contribution in [0.2, 0.25) is 0 Å². The van der Waals surface area contributed by atoms with E-state index in [1.54, 1.807) is 19.3 Å². The normalized spacial score (nSPS) is 21.4. The van der Waals surface area contributed by atoms with Crippen LogP contribution in [0.3, 0.4) is 0 Å². The van der Waals surface area contributed by atoms with Gasteiger partial charge in [-0.2, -0.15) is 0 Å². The van der Waals surface area contributed by atoms with Crippen LogP contribution in [0, 0.1) is 0 Å². The van der Waals surface area contributed by atoms with Crippen LogP contribution >= 0.6 is 0 Å². The molecule has 0 bridgehead atoms. The van der Waals surface area contributed by atoms with E-state index in [4.69, 9.17) is 5.73 Å². The second kappa shape index (κ2) is 11.2. The van der Waals surface area contributed by atoms with Crippen molar-refractivity contribution in [2.75, 3.05) is 6.54 Å². The quantitative estimate of drug-likeness (QED) is 0.319. The van der Waals surface area contributed by atoms with Gasteiger partial charge in [-0.25, -0.2) is 9.48 Å². The maximum Gasteiger partial charge on any atom is 0.213 e. The van der Waals surface area contributed by atoms with Crippen molar-refractivity contribution >= 4 is 11.8 Å². The summed E-state index contributed by atoms with van der Waals surface area (Å²) < 4.78 is 0.0596. The van der Waals surface area contributed by atoms with Gasteiger partial charge in [0, 0.05) is 6.92 Å². The molecule has 0 aromatic rings. The molecule has 2 N–H and O–H groups in total. The monoisotopic (exact) mass is 335 g/mol. The van der Waals surface area contributed by atoms with E-state index in [1.807, 2.05) is 0 Å². The Morgan fingerprint density at radius 1 is 1.25 bits per heavy atom. The fraction of sp³-hybridized carbons (Fsp3) is 0.684. The molecule has 0 spiro atoms. The minimum Gasteiger partial charge on any atom is -0.544 e. The minimum absolute atomic E-state index is 0.0596. The third-order valence-electron chi connectivity index (χ3n) is 4.60. The summed E-state index contributed by atoms with van der Waals surface area (Å²) in [6.07, 6.45) is 18.1. The van der Waals surface area contributed by atoms with E-state index in [2.05, 4.69) is 24.1 Å². The molecule has 24 heavy (non-hydrogen) atoms. The number of aliphatic carboxylic acids is 1. The molecule has 0 aromatic carbocycles. The number of carboxylic acid groups (broad SMARTS) is 1. The predicted octanol–water partition coefficient (Wildman–Crippen LogP) is 2.83. The molecular weight excluding hydrogens is 302 g/mol. The van der Waals surface area contributed by atoms with Crippen LogP contribution in [-0.4, -0.2) is 29.0 Å². The summed E-state index contributed by atoms with van der Waals surface area (Å²) in [4.78, 5) is 15.4. The van der Waals surface area contributed by atoms with Crippen molar-refractivity contribution in [3.05, 3.63) is 24.6 Å². The maximum absolute atomic E-state index is 11.1. The number of nitrogens with two attached hydrogens (primary N) is 1. The number of hydrogen-bond donors (Lipinski definition) is 1. The Balaban J connectivity index is 2.31. The average Bonchev–Trinajstić information content (AvgIpc) is 2.92. The summed E-state index contributed by atoms with van der Waals surface area (Å²) in [6.45, 7) is 3.87. The number of quaternary nitrogens is 1. The van der Waals surface area contributed by atoms with Gasteiger partial charge in [0.2, 0.25) is 5.84 Å². The molecule has 0 radical (unpaired) electrons. The summed E-state index contributed by atoms with van der Waals surface area (Å²) in [5, 5.41) is 11.1. The molecule has 2 atom stereocenters. The lowest BCUT2D eigenvalue weighted by molar-refractivity contribution is -0.807. The van der Waals surface area contributed by atoms with Gasteiger partial charge in [-0.1, -0.05) is 57.6 Å². The van der Waals surface area contributed by atoms with E-state index in [0.717, 1.165) is 12.3 Å². The molecule has 0 amide bonds. The van der Waals surface area contributed by atoms with E-state index in [9.17, 15) is 9.90 Å². The Kier molecular flexibility index (Phi) is 9.57. The Hall–Kier alpha value is -1.46. The van der Waals surface area contributed by atoms with Crippen molar-refractivity contribution in [2.45, 2.75) is 77.8 Å². The van der Waals surface area contributed by atoms with E-state index >= 15 is 0 Å². The van der Waals surface area contributed by atoms with Crippen molar-refractivity contribution in [3.8, 4) is 0 Å². The van der Waals surface area contributed by atoms with E-state index < -0.39 is 5.97 Å². The standard InChI is InChI=1S/C19H33N3O2/c1-3-4-5-6-7-8-9-10-11-12-13-18-21-14-15-22(18,17(2)20)16-19(23)24/h11-12,14-15,17H,3-10,13,16,20H2,1-2H3/b12-11+. The fourth-order valence-corrected chi connectivity index (χ4v) is 3.05. The smallest absolute Gasteiger partial charge is 0.213 e. The van der Waals surface area contributed by atoms with Gasteiger partial charge in [0.15, 0.2) is 0 Å². The van der Waals surface area contributed by atoms with Gasteiger partial charge in [0.1, 0.15) is 18.9 Å². The number of carbonyl (C=O) groups excluding carboxylic acids is 1. The van der Waals surface area contributed by atoms with Gasteiger partial charge in [0.25, 0.3) is 0 Å². The number of unbranched alkanes of at least 4 members (excludes halogenated alkanes) is 7. The first-order valence-electron chi connectivity index (χ1n) is 9.25. The third kappa shape index (κ3) is 6.57. The summed E-state index contributed by atoms with van der Waals surface area (Å²) in [7, 11) is 0. The zero-order chi connectivity index (χ0) is 17.8. The lowest BCUT2D eigenvalue weighted by Crippen LogP contribution is -2.60. The van der Waals surface area contributed by atoms with Gasteiger partial charge < -0.3 is 9.90 Å². The Bertz CT molecular complexity index is 469. The van der Waals surface area contributed by atoms with Crippen molar-refractivity contribution in [1.82, 2.24) is 0 Å². The largest absolute Gasteiger partial charge is 0.544 e. The molecule has 5 nitrogen and oxygen atoms in total. The number of amidine groups is 1. The summed E-state index contributed by atoms with van der Waals surface area (Å²) in [5.74, 6) is -0.344. The molecule has 0 saturated heterocycles. The molecular formula is C19H33N3O2.